The Morgan fingerprint density at radius 3 is 2.59 bits per heavy atom. The molecule has 1 aromatic carbocycles. The largest absolute Gasteiger partial charge is 0.501 e. The van der Waals surface area contributed by atoms with E-state index in [4.69, 9.17) is 9.47 Å². The van der Waals surface area contributed by atoms with E-state index in [0.717, 1.165) is 12.5 Å². The van der Waals surface area contributed by atoms with E-state index in [1.165, 1.54) is 6.26 Å². The highest BCUT2D eigenvalue weighted by Gasteiger charge is 2.12. The van der Waals surface area contributed by atoms with Crippen LogP contribution in [-0.4, -0.2) is 18.4 Å². The fraction of sp³-hybridized carbons (Fsp3) is 0.231. The van der Waals surface area contributed by atoms with Gasteiger partial charge in [-0.2, -0.15) is 0 Å². The lowest BCUT2D eigenvalue weighted by Gasteiger charge is -2.00. The first-order valence-electron chi connectivity index (χ1n) is 5.33. The summed E-state index contributed by atoms with van der Waals surface area (Å²) in [5.41, 5.74) is 0. The lowest BCUT2D eigenvalue weighted by atomic mass is 10.3. The highest BCUT2D eigenvalue weighted by atomic mass is 16.5. The van der Waals surface area contributed by atoms with Gasteiger partial charge in [0.1, 0.15) is 5.75 Å². The Hall–Kier alpha value is -2.10. The van der Waals surface area contributed by atoms with E-state index < -0.39 is 11.8 Å². The molecule has 0 heterocycles. The fourth-order valence-corrected chi connectivity index (χ4v) is 1.01. The number of para-hydroxylation sites is 1. The lowest BCUT2D eigenvalue weighted by Crippen LogP contribution is -2.18. The van der Waals surface area contributed by atoms with Crippen molar-refractivity contribution < 1.29 is 19.1 Å². The van der Waals surface area contributed by atoms with Crippen LogP contribution >= 0.6 is 0 Å². The average Bonchev–Trinajstić information content (AvgIpc) is 2.35. The fourth-order valence-electron chi connectivity index (χ4n) is 1.01. The molecule has 0 aromatic heterocycles. The SMILES string of the molecule is CCCOC=CC(=O)C(=O)Oc1ccccc1. The Bertz CT molecular complexity index is 395. The van der Waals surface area contributed by atoms with Crippen LogP contribution < -0.4 is 4.74 Å². The van der Waals surface area contributed by atoms with Crippen LogP contribution in [0, 0.1) is 0 Å². The van der Waals surface area contributed by atoms with E-state index in [1.54, 1.807) is 30.3 Å². The van der Waals surface area contributed by atoms with Gasteiger partial charge in [0.15, 0.2) is 0 Å². The molecule has 0 radical (unpaired) electrons. The number of ether oxygens (including phenoxy) is 2. The van der Waals surface area contributed by atoms with E-state index in [0.29, 0.717) is 12.4 Å². The predicted octanol–water partition coefficient (Wildman–Crippen LogP) is 2.10. The van der Waals surface area contributed by atoms with E-state index in [9.17, 15) is 9.59 Å². The van der Waals surface area contributed by atoms with Gasteiger partial charge in [0.2, 0.25) is 0 Å². The van der Waals surface area contributed by atoms with Gasteiger partial charge >= 0.3 is 5.97 Å². The minimum absolute atomic E-state index is 0.341. The Morgan fingerprint density at radius 1 is 1.24 bits per heavy atom. The van der Waals surface area contributed by atoms with Crippen LogP contribution in [0.5, 0.6) is 5.75 Å². The lowest BCUT2D eigenvalue weighted by molar-refractivity contribution is -0.144. The molecule has 0 aliphatic rings. The van der Waals surface area contributed by atoms with Crippen LogP contribution in [0.1, 0.15) is 13.3 Å². The number of hydrogen-bond donors (Lipinski definition) is 0. The summed E-state index contributed by atoms with van der Waals surface area (Å²) >= 11 is 0. The second-order valence-corrected chi connectivity index (χ2v) is 3.24. The van der Waals surface area contributed by atoms with E-state index >= 15 is 0 Å². The molecular weight excluding hydrogens is 220 g/mol. The third kappa shape index (κ3) is 4.97. The number of hydrogen-bond acceptors (Lipinski definition) is 4. The van der Waals surface area contributed by atoms with Gasteiger partial charge in [0.25, 0.3) is 5.78 Å². The van der Waals surface area contributed by atoms with Crippen LogP contribution in [0.2, 0.25) is 0 Å². The Balaban J connectivity index is 2.42. The number of rotatable bonds is 6. The van der Waals surface area contributed by atoms with Crippen molar-refractivity contribution in [2.24, 2.45) is 0 Å². The summed E-state index contributed by atoms with van der Waals surface area (Å²) in [6.45, 7) is 2.46. The van der Waals surface area contributed by atoms with Crippen molar-refractivity contribution in [3.8, 4) is 5.75 Å². The molecule has 90 valence electrons. The number of carbonyl (C=O) groups excluding carboxylic acids is 2. The third-order valence-corrected chi connectivity index (χ3v) is 1.79. The van der Waals surface area contributed by atoms with Crippen molar-refractivity contribution in [3.63, 3.8) is 0 Å². The monoisotopic (exact) mass is 234 g/mol. The van der Waals surface area contributed by atoms with E-state index in [1.807, 2.05) is 6.92 Å². The second-order valence-electron chi connectivity index (χ2n) is 3.24. The van der Waals surface area contributed by atoms with Crippen LogP contribution in [0.25, 0.3) is 0 Å². The zero-order valence-electron chi connectivity index (χ0n) is 9.59. The minimum atomic E-state index is -0.924. The van der Waals surface area contributed by atoms with Gasteiger partial charge in [-0.3, -0.25) is 4.79 Å². The first-order chi connectivity index (χ1) is 8.24. The molecule has 4 heteroatoms. The maximum Gasteiger partial charge on any atom is 0.384 e. The molecule has 1 rings (SSSR count). The summed E-state index contributed by atoms with van der Waals surface area (Å²) in [6, 6.07) is 8.42. The summed E-state index contributed by atoms with van der Waals surface area (Å²) in [5.74, 6) is -1.33. The summed E-state index contributed by atoms with van der Waals surface area (Å²) in [7, 11) is 0. The number of carbonyl (C=O) groups is 2. The van der Waals surface area contributed by atoms with Crippen LogP contribution in [0.3, 0.4) is 0 Å². The molecule has 0 saturated heterocycles. The van der Waals surface area contributed by atoms with Gasteiger partial charge in [-0.15, -0.1) is 0 Å². The molecule has 0 spiro atoms. The quantitative estimate of drug-likeness (QED) is 0.189. The molecule has 0 fully saturated rings. The molecule has 1 aromatic rings. The van der Waals surface area contributed by atoms with Gasteiger partial charge in [-0.05, 0) is 18.6 Å². The van der Waals surface area contributed by atoms with Crippen molar-refractivity contribution in [1.82, 2.24) is 0 Å². The zero-order valence-corrected chi connectivity index (χ0v) is 9.59. The third-order valence-electron chi connectivity index (χ3n) is 1.79. The predicted molar refractivity (Wildman–Crippen MR) is 62.5 cm³/mol. The van der Waals surface area contributed by atoms with Gasteiger partial charge < -0.3 is 9.47 Å². The molecule has 0 bridgehead atoms. The molecule has 0 aliphatic carbocycles. The van der Waals surface area contributed by atoms with Crippen molar-refractivity contribution >= 4 is 11.8 Å². The van der Waals surface area contributed by atoms with E-state index in [-0.39, 0.29) is 0 Å². The number of ketones is 1. The Labute approximate surface area is 99.8 Å². The molecule has 17 heavy (non-hydrogen) atoms. The molecule has 0 amide bonds. The molecule has 0 atom stereocenters. The molecule has 4 nitrogen and oxygen atoms in total. The highest BCUT2D eigenvalue weighted by Crippen LogP contribution is 2.08. The maximum absolute atomic E-state index is 11.3. The molecular formula is C13H14O4. The molecule has 0 unspecified atom stereocenters. The number of esters is 1. The van der Waals surface area contributed by atoms with Gasteiger partial charge in [0.05, 0.1) is 12.9 Å². The summed E-state index contributed by atoms with van der Waals surface area (Å²) < 4.78 is 9.78. The van der Waals surface area contributed by atoms with E-state index in [2.05, 4.69) is 0 Å². The maximum atomic E-state index is 11.3. The van der Waals surface area contributed by atoms with Crippen molar-refractivity contribution in [1.29, 1.82) is 0 Å². The van der Waals surface area contributed by atoms with Crippen molar-refractivity contribution in [2.75, 3.05) is 6.61 Å². The standard InChI is InChI=1S/C13H14O4/c1-2-9-16-10-8-12(14)13(15)17-11-6-4-3-5-7-11/h3-8,10H,2,9H2,1H3. The minimum Gasteiger partial charge on any atom is -0.501 e. The van der Waals surface area contributed by atoms with Crippen molar-refractivity contribution in [3.05, 3.63) is 42.7 Å². The Morgan fingerprint density at radius 2 is 1.94 bits per heavy atom. The zero-order chi connectivity index (χ0) is 12.5. The van der Waals surface area contributed by atoms with Crippen LogP contribution in [-0.2, 0) is 14.3 Å². The first-order valence-corrected chi connectivity index (χ1v) is 5.33. The average molecular weight is 234 g/mol. The normalized spacial score (nSPS) is 10.2. The van der Waals surface area contributed by atoms with Gasteiger partial charge in [-0.1, -0.05) is 25.1 Å². The summed E-state index contributed by atoms with van der Waals surface area (Å²) in [6.07, 6.45) is 3.10. The highest BCUT2D eigenvalue weighted by molar-refractivity contribution is 6.38. The van der Waals surface area contributed by atoms with Gasteiger partial charge in [0, 0.05) is 6.08 Å². The topological polar surface area (TPSA) is 52.6 Å². The van der Waals surface area contributed by atoms with Crippen LogP contribution in [0.4, 0.5) is 0 Å². The van der Waals surface area contributed by atoms with Gasteiger partial charge in [-0.25, -0.2) is 4.79 Å². The molecule has 0 saturated carbocycles. The molecule has 0 aliphatic heterocycles. The number of benzene rings is 1. The summed E-state index contributed by atoms with van der Waals surface area (Å²) in [5, 5.41) is 0. The second kappa shape index (κ2) is 7.22. The Kier molecular flexibility index (Phi) is 5.51. The first kappa shape index (κ1) is 13.0. The summed E-state index contributed by atoms with van der Waals surface area (Å²) in [4.78, 5) is 22.6. The smallest absolute Gasteiger partial charge is 0.384 e. The molecule has 0 N–H and O–H groups in total. The van der Waals surface area contributed by atoms with Crippen molar-refractivity contribution in [2.45, 2.75) is 13.3 Å². The van der Waals surface area contributed by atoms with Crippen LogP contribution in [0.15, 0.2) is 42.7 Å².